The lowest BCUT2D eigenvalue weighted by Crippen LogP contribution is -2.38. The molecule has 1 rings (SSSR count). The summed E-state index contributed by atoms with van der Waals surface area (Å²) in [7, 11) is 1.72. The van der Waals surface area contributed by atoms with Crippen LogP contribution in [0.1, 0.15) is 32.3 Å². The Bertz CT molecular complexity index is 415. The van der Waals surface area contributed by atoms with Gasteiger partial charge in [0.1, 0.15) is 0 Å². The van der Waals surface area contributed by atoms with Gasteiger partial charge in [0.25, 0.3) is 0 Å². The van der Waals surface area contributed by atoms with Crippen molar-refractivity contribution < 1.29 is 9.90 Å². The Kier molecular flexibility index (Phi) is 5.83. The fourth-order valence-corrected chi connectivity index (χ4v) is 2.33. The number of carbonyl (C=O) groups excluding carboxylic acids is 1. The minimum Gasteiger partial charge on any atom is -0.392 e. The average Bonchev–Trinajstić information content (AvgIpc) is 2.30. The number of carbonyl (C=O) groups is 1. The van der Waals surface area contributed by atoms with Gasteiger partial charge in [0.2, 0.25) is 5.91 Å². The molecule has 3 nitrogen and oxygen atoms in total. The number of hydrogen-bond donors (Lipinski definition) is 1. The predicted octanol–water partition coefficient (Wildman–Crippen LogP) is 2.92. The van der Waals surface area contributed by atoms with Gasteiger partial charge in [-0.2, -0.15) is 0 Å². The summed E-state index contributed by atoms with van der Waals surface area (Å²) in [6, 6.07) is 7.38. The van der Waals surface area contributed by atoms with Crippen LogP contribution in [0.4, 0.5) is 0 Å². The van der Waals surface area contributed by atoms with Gasteiger partial charge in [0, 0.05) is 18.6 Å². The van der Waals surface area contributed by atoms with E-state index in [0.717, 1.165) is 5.56 Å². The lowest BCUT2D eigenvalue weighted by molar-refractivity contribution is -0.133. The van der Waals surface area contributed by atoms with Gasteiger partial charge >= 0.3 is 0 Å². The van der Waals surface area contributed by atoms with Crippen molar-refractivity contribution in [3.63, 3.8) is 0 Å². The van der Waals surface area contributed by atoms with Crippen LogP contribution in [0.5, 0.6) is 0 Å². The molecule has 2 unspecified atom stereocenters. The highest BCUT2D eigenvalue weighted by atomic mass is 35.5. The molecule has 0 radical (unpaired) electrons. The van der Waals surface area contributed by atoms with Crippen molar-refractivity contribution in [2.75, 3.05) is 13.6 Å². The molecule has 1 amide bonds. The van der Waals surface area contributed by atoms with E-state index < -0.39 is 6.10 Å². The van der Waals surface area contributed by atoms with Crippen LogP contribution in [0.15, 0.2) is 24.3 Å². The lowest BCUT2D eigenvalue weighted by atomic mass is 9.87. The maximum absolute atomic E-state index is 12.5. The summed E-state index contributed by atoms with van der Waals surface area (Å²) in [5.41, 5.74) is 0.960. The summed E-state index contributed by atoms with van der Waals surface area (Å²) >= 11 is 5.88. The van der Waals surface area contributed by atoms with E-state index in [0.29, 0.717) is 11.6 Å². The molecule has 19 heavy (non-hydrogen) atoms. The van der Waals surface area contributed by atoms with Gasteiger partial charge in [-0.25, -0.2) is 0 Å². The average molecular weight is 284 g/mol. The summed E-state index contributed by atoms with van der Waals surface area (Å²) in [5.74, 6) is 0.00404. The Morgan fingerprint density at radius 3 is 2.21 bits per heavy atom. The van der Waals surface area contributed by atoms with Crippen LogP contribution in [0.3, 0.4) is 0 Å². The zero-order chi connectivity index (χ0) is 14.6. The molecule has 0 fully saturated rings. The van der Waals surface area contributed by atoms with E-state index in [9.17, 15) is 9.90 Å². The third-order valence-electron chi connectivity index (χ3n) is 3.08. The summed E-state index contributed by atoms with van der Waals surface area (Å²) in [4.78, 5) is 14.1. The lowest BCUT2D eigenvalue weighted by Gasteiger charge is -2.27. The van der Waals surface area contributed by atoms with E-state index in [1.807, 2.05) is 26.0 Å². The van der Waals surface area contributed by atoms with Crippen LogP contribution in [0.25, 0.3) is 0 Å². The molecule has 2 atom stereocenters. The number of aliphatic hydroxyl groups is 1. The van der Waals surface area contributed by atoms with Crippen LogP contribution in [0.2, 0.25) is 5.02 Å². The third-order valence-corrected chi connectivity index (χ3v) is 3.33. The fraction of sp³-hybridized carbons (Fsp3) is 0.533. The number of amides is 1. The Morgan fingerprint density at radius 1 is 1.26 bits per heavy atom. The number of likely N-dealkylation sites (N-methyl/N-ethyl adjacent to an activating group) is 1. The molecule has 1 aromatic carbocycles. The molecule has 0 saturated heterocycles. The van der Waals surface area contributed by atoms with E-state index in [-0.39, 0.29) is 17.7 Å². The SMILES string of the molecule is CC(O)CN(C)C(=O)C(c1ccc(Cl)cc1)C(C)C. The zero-order valence-electron chi connectivity index (χ0n) is 11.9. The van der Waals surface area contributed by atoms with E-state index in [4.69, 9.17) is 11.6 Å². The molecule has 0 spiro atoms. The Labute approximate surface area is 120 Å². The number of nitrogens with zero attached hydrogens (tertiary/aromatic N) is 1. The first-order valence-corrected chi connectivity index (χ1v) is 6.89. The second-order valence-corrected chi connectivity index (χ2v) is 5.78. The third kappa shape index (κ3) is 4.51. The number of benzene rings is 1. The molecule has 4 heteroatoms. The van der Waals surface area contributed by atoms with E-state index in [1.54, 1.807) is 31.0 Å². The van der Waals surface area contributed by atoms with Crippen LogP contribution in [-0.2, 0) is 4.79 Å². The highest BCUT2D eigenvalue weighted by Gasteiger charge is 2.27. The quantitative estimate of drug-likeness (QED) is 0.903. The highest BCUT2D eigenvalue weighted by molar-refractivity contribution is 6.30. The minimum absolute atomic E-state index is 0.0261. The van der Waals surface area contributed by atoms with E-state index in [2.05, 4.69) is 0 Å². The largest absolute Gasteiger partial charge is 0.392 e. The molecule has 0 saturated carbocycles. The minimum atomic E-state index is -0.521. The van der Waals surface area contributed by atoms with Gasteiger partial charge in [0.05, 0.1) is 12.0 Å². The standard InChI is InChI=1S/C15H22ClNO2/c1-10(2)14(12-5-7-13(16)8-6-12)15(19)17(4)9-11(3)18/h5-8,10-11,14,18H,9H2,1-4H3. The molecule has 106 valence electrons. The topological polar surface area (TPSA) is 40.5 Å². The summed E-state index contributed by atoms with van der Waals surface area (Å²) in [6.07, 6.45) is -0.521. The molecule has 1 N–H and O–H groups in total. The first kappa shape index (κ1) is 16.0. The molecule has 0 aliphatic heterocycles. The van der Waals surface area contributed by atoms with Gasteiger partial charge in [-0.3, -0.25) is 4.79 Å². The number of aliphatic hydroxyl groups excluding tert-OH is 1. The first-order chi connectivity index (χ1) is 8.82. The van der Waals surface area contributed by atoms with Crippen LogP contribution >= 0.6 is 11.6 Å². The molecular formula is C15H22ClNO2. The Hall–Kier alpha value is -1.06. The van der Waals surface area contributed by atoms with Crippen LogP contribution in [0, 0.1) is 5.92 Å². The van der Waals surface area contributed by atoms with Crippen molar-refractivity contribution in [1.82, 2.24) is 4.90 Å². The number of rotatable bonds is 5. The monoisotopic (exact) mass is 283 g/mol. The maximum Gasteiger partial charge on any atom is 0.230 e. The van der Waals surface area contributed by atoms with Crippen molar-refractivity contribution in [2.24, 2.45) is 5.92 Å². The van der Waals surface area contributed by atoms with Crippen molar-refractivity contribution in [1.29, 1.82) is 0 Å². The van der Waals surface area contributed by atoms with Gasteiger partial charge in [-0.15, -0.1) is 0 Å². The molecule has 0 aliphatic rings. The van der Waals surface area contributed by atoms with Crippen molar-refractivity contribution >= 4 is 17.5 Å². The summed E-state index contributed by atoms with van der Waals surface area (Å²) in [6.45, 7) is 6.06. The van der Waals surface area contributed by atoms with Gasteiger partial charge in [-0.05, 0) is 30.5 Å². The predicted molar refractivity (Wildman–Crippen MR) is 78.3 cm³/mol. The van der Waals surface area contributed by atoms with Crippen molar-refractivity contribution in [3.8, 4) is 0 Å². The summed E-state index contributed by atoms with van der Waals surface area (Å²) < 4.78 is 0. The molecule has 0 heterocycles. The van der Waals surface area contributed by atoms with Crippen molar-refractivity contribution in [3.05, 3.63) is 34.9 Å². The van der Waals surface area contributed by atoms with E-state index >= 15 is 0 Å². The molecule has 0 aliphatic carbocycles. The summed E-state index contributed by atoms with van der Waals surface area (Å²) in [5, 5.41) is 10.1. The number of hydrogen-bond acceptors (Lipinski definition) is 2. The highest BCUT2D eigenvalue weighted by Crippen LogP contribution is 2.27. The normalized spacial score (nSPS) is 14.3. The van der Waals surface area contributed by atoms with Crippen LogP contribution < -0.4 is 0 Å². The Balaban J connectivity index is 2.94. The molecule has 0 bridgehead atoms. The smallest absolute Gasteiger partial charge is 0.230 e. The zero-order valence-corrected chi connectivity index (χ0v) is 12.7. The Morgan fingerprint density at radius 2 is 1.79 bits per heavy atom. The molecule has 1 aromatic rings. The van der Waals surface area contributed by atoms with Gasteiger partial charge in [-0.1, -0.05) is 37.6 Å². The van der Waals surface area contributed by atoms with Gasteiger partial charge in [0.15, 0.2) is 0 Å². The first-order valence-electron chi connectivity index (χ1n) is 6.51. The molecule has 0 aromatic heterocycles. The van der Waals surface area contributed by atoms with Crippen LogP contribution in [-0.4, -0.2) is 35.6 Å². The second kappa shape index (κ2) is 6.92. The number of halogens is 1. The second-order valence-electron chi connectivity index (χ2n) is 5.34. The molecular weight excluding hydrogens is 262 g/mol. The van der Waals surface area contributed by atoms with E-state index in [1.165, 1.54) is 0 Å². The fourth-order valence-electron chi connectivity index (χ4n) is 2.21. The van der Waals surface area contributed by atoms with Gasteiger partial charge < -0.3 is 10.0 Å². The van der Waals surface area contributed by atoms with Crippen molar-refractivity contribution in [2.45, 2.75) is 32.8 Å². The maximum atomic E-state index is 12.5.